The van der Waals surface area contributed by atoms with Crippen LogP contribution in [0.3, 0.4) is 0 Å². The molecule has 0 aliphatic carbocycles. The van der Waals surface area contributed by atoms with E-state index in [1.807, 2.05) is 0 Å². The average Bonchev–Trinajstić information content (AvgIpc) is 1.37. The summed E-state index contributed by atoms with van der Waals surface area (Å²) in [6, 6.07) is 0. The molecule has 0 aromatic carbocycles. The summed E-state index contributed by atoms with van der Waals surface area (Å²) >= 11 is 0. The molecular weight excluding hydrogens is 292 g/mol. The van der Waals surface area contributed by atoms with Crippen LogP contribution >= 0.6 is 0 Å². The number of unbranched alkanes of at least 4 members (excludes halogenated alkanes) is 1. The van der Waals surface area contributed by atoms with E-state index in [1.165, 1.54) is 12.8 Å². The van der Waals surface area contributed by atoms with E-state index in [-0.39, 0.29) is 48.9 Å². The standard InChI is InChI=1S/C4H10.2Sb/c1-3-4-2;;/h3-4H2,1-2H3;;. The number of hydrogen-bond acceptors (Lipinski definition) is 0. The third-order valence-electron chi connectivity index (χ3n) is 0.500. The van der Waals surface area contributed by atoms with E-state index in [4.69, 9.17) is 0 Å². The Bertz CT molecular complexity index is 7.51. The van der Waals surface area contributed by atoms with Gasteiger partial charge in [-0.25, -0.2) is 0 Å². The Morgan fingerprint density at radius 3 is 1.00 bits per heavy atom. The second-order valence-corrected chi connectivity index (χ2v) is 1.000. The summed E-state index contributed by atoms with van der Waals surface area (Å²) in [5.74, 6) is 0. The molecule has 0 aromatic rings. The van der Waals surface area contributed by atoms with Crippen LogP contribution in [0.2, 0.25) is 0 Å². The molecule has 6 heavy (non-hydrogen) atoms. The van der Waals surface area contributed by atoms with Crippen LogP contribution < -0.4 is 0 Å². The summed E-state index contributed by atoms with van der Waals surface area (Å²) in [4.78, 5) is 0. The zero-order valence-electron chi connectivity index (χ0n) is 4.31. The molecule has 0 aromatic heterocycles. The molecule has 36 valence electrons. The summed E-state index contributed by atoms with van der Waals surface area (Å²) in [6.45, 7) is 4.36. The van der Waals surface area contributed by atoms with Gasteiger partial charge in [0.1, 0.15) is 0 Å². The molecule has 0 amide bonds. The largest absolute Gasteiger partial charge is 0.0654 e. The third-order valence-corrected chi connectivity index (χ3v) is 0.500. The van der Waals surface area contributed by atoms with E-state index in [1.54, 1.807) is 0 Å². The van der Waals surface area contributed by atoms with Crippen LogP contribution in [0.5, 0.6) is 0 Å². The molecule has 0 unspecified atom stereocenters. The second kappa shape index (κ2) is 15.9. The molecule has 2 heteroatoms. The average molecular weight is 302 g/mol. The Kier molecular flexibility index (Phi) is 41.6. The predicted octanol–water partition coefficient (Wildman–Crippen LogP) is 1.04. The first-order valence-corrected chi connectivity index (χ1v) is 1.91. The first-order chi connectivity index (χ1) is 1.91. The zero-order valence-corrected chi connectivity index (χ0v) is 9.41. The minimum atomic E-state index is 0. The normalized spacial score (nSPS) is 5.00. The smallest absolute Gasteiger partial charge is 0 e. The van der Waals surface area contributed by atoms with Crippen molar-refractivity contribution < 1.29 is 0 Å². The van der Waals surface area contributed by atoms with Crippen molar-refractivity contribution in [2.24, 2.45) is 0 Å². The molecule has 0 saturated heterocycles. The van der Waals surface area contributed by atoms with Crippen LogP contribution in [0, 0.1) is 0 Å². The van der Waals surface area contributed by atoms with Gasteiger partial charge in [0.05, 0.1) is 0 Å². The van der Waals surface area contributed by atoms with Gasteiger partial charge in [-0.15, -0.1) is 0 Å². The first kappa shape index (κ1) is 15.6. The van der Waals surface area contributed by atoms with Crippen LogP contribution in [0.4, 0.5) is 0 Å². The summed E-state index contributed by atoms with van der Waals surface area (Å²) < 4.78 is 0. The SMILES string of the molecule is CCCC.[Sb].[Sb]. The third kappa shape index (κ3) is 17.4. The van der Waals surface area contributed by atoms with Gasteiger partial charge in [-0.05, 0) is 0 Å². The van der Waals surface area contributed by atoms with Gasteiger partial charge in [0.2, 0.25) is 0 Å². The molecule has 0 rings (SSSR count). The van der Waals surface area contributed by atoms with Crippen molar-refractivity contribution in [2.75, 3.05) is 0 Å². The maximum absolute atomic E-state index is 2.18. The molecule has 0 N–H and O–H groups in total. The predicted molar refractivity (Wildman–Crippen MR) is 32.1 cm³/mol. The molecule has 0 heterocycles. The Hall–Kier alpha value is 1.64. The van der Waals surface area contributed by atoms with E-state index in [0.717, 1.165) is 0 Å². The van der Waals surface area contributed by atoms with Crippen LogP contribution in [-0.4, -0.2) is 48.9 Å². The maximum Gasteiger partial charge on any atom is 0 e. The van der Waals surface area contributed by atoms with Crippen molar-refractivity contribution in [1.29, 1.82) is 0 Å². The fourth-order valence-electron chi connectivity index (χ4n) is 0. The Labute approximate surface area is 75.0 Å². The van der Waals surface area contributed by atoms with E-state index in [9.17, 15) is 0 Å². The Morgan fingerprint density at radius 1 is 0.833 bits per heavy atom. The topological polar surface area (TPSA) is 0 Å². The summed E-state index contributed by atoms with van der Waals surface area (Å²) in [7, 11) is 0. The van der Waals surface area contributed by atoms with Crippen molar-refractivity contribution in [3.8, 4) is 0 Å². The van der Waals surface area contributed by atoms with Crippen LogP contribution in [0.25, 0.3) is 0 Å². The van der Waals surface area contributed by atoms with Crippen molar-refractivity contribution >= 4 is 48.9 Å². The molecule has 0 aliphatic heterocycles. The minimum absolute atomic E-state index is 0. The van der Waals surface area contributed by atoms with E-state index in [0.29, 0.717) is 0 Å². The van der Waals surface area contributed by atoms with E-state index >= 15 is 0 Å². The van der Waals surface area contributed by atoms with Crippen LogP contribution in [0.1, 0.15) is 26.7 Å². The molecular formula is C4H10Sb2. The first-order valence-electron chi connectivity index (χ1n) is 1.91. The molecule has 0 bridgehead atoms. The van der Waals surface area contributed by atoms with Gasteiger partial charge in [0, 0.05) is 48.9 Å². The summed E-state index contributed by atoms with van der Waals surface area (Å²) in [5, 5.41) is 0. The van der Waals surface area contributed by atoms with E-state index in [2.05, 4.69) is 13.8 Å². The van der Waals surface area contributed by atoms with Gasteiger partial charge in [0.25, 0.3) is 0 Å². The molecule has 0 spiro atoms. The fourth-order valence-corrected chi connectivity index (χ4v) is 0. The van der Waals surface area contributed by atoms with Gasteiger partial charge >= 0.3 is 0 Å². The summed E-state index contributed by atoms with van der Waals surface area (Å²) in [5.41, 5.74) is 0. The van der Waals surface area contributed by atoms with Crippen molar-refractivity contribution in [3.63, 3.8) is 0 Å². The quantitative estimate of drug-likeness (QED) is 0.635. The minimum Gasteiger partial charge on any atom is -0.0654 e. The zero-order chi connectivity index (χ0) is 3.41. The molecule has 0 saturated carbocycles. The monoisotopic (exact) mass is 300 g/mol. The molecule has 0 atom stereocenters. The molecule has 0 aliphatic rings. The second-order valence-electron chi connectivity index (χ2n) is 1.000. The van der Waals surface area contributed by atoms with Crippen molar-refractivity contribution in [3.05, 3.63) is 0 Å². The number of rotatable bonds is 1. The summed E-state index contributed by atoms with van der Waals surface area (Å²) in [6.07, 6.45) is 2.64. The van der Waals surface area contributed by atoms with Gasteiger partial charge < -0.3 is 0 Å². The Morgan fingerprint density at radius 2 is 1.00 bits per heavy atom. The molecule has 0 fully saturated rings. The van der Waals surface area contributed by atoms with Gasteiger partial charge in [-0.1, -0.05) is 26.7 Å². The Balaban J connectivity index is -0.0000000450. The van der Waals surface area contributed by atoms with Crippen molar-refractivity contribution in [1.82, 2.24) is 0 Å². The van der Waals surface area contributed by atoms with Gasteiger partial charge in [0.15, 0.2) is 0 Å². The van der Waals surface area contributed by atoms with E-state index < -0.39 is 0 Å². The number of hydrogen-bond donors (Lipinski definition) is 0. The van der Waals surface area contributed by atoms with Gasteiger partial charge in [-0.3, -0.25) is 0 Å². The van der Waals surface area contributed by atoms with Crippen molar-refractivity contribution in [2.45, 2.75) is 26.7 Å². The maximum atomic E-state index is 2.18. The van der Waals surface area contributed by atoms with Gasteiger partial charge in [-0.2, -0.15) is 0 Å². The molecule has 6 radical (unpaired) electrons. The molecule has 0 nitrogen and oxygen atoms in total. The fraction of sp³-hybridized carbons (Fsp3) is 1.00. The van der Waals surface area contributed by atoms with Crippen LogP contribution in [-0.2, 0) is 0 Å². The van der Waals surface area contributed by atoms with Crippen LogP contribution in [0.15, 0.2) is 0 Å².